The van der Waals surface area contributed by atoms with Crippen molar-refractivity contribution in [2.75, 3.05) is 7.11 Å². The number of pyridine rings is 1. The molecule has 82 valence electrons. The fraction of sp³-hybridized carbons (Fsp3) is 0.250. The van der Waals surface area contributed by atoms with Crippen LogP contribution in [0, 0.1) is 0 Å². The van der Waals surface area contributed by atoms with E-state index in [9.17, 15) is 22.8 Å². The molecular formula is C8H6F3NO3. The van der Waals surface area contributed by atoms with Gasteiger partial charge in [0, 0.05) is 12.3 Å². The third-order valence-electron chi connectivity index (χ3n) is 1.64. The summed E-state index contributed by atoms with van der Waals surface area (Å²) in [5.74, 6) is -1.15. The summed E-state index contributed by atoms with van der Waals surface area (Å²) in [6.45, 7) is 0. The van der Waals surface area contributed by atoms with Crippen LogP contribution in [0.2, 0.25) is 0 Å². The van der Waals surface area contributed by atoms with E-state index in [2.05, 4.69) is 4.74 Å². The lowest BCUT2D eigenvalue weighted by molar-refractivity contribution is -0.138. The molecule has 1 N–H and O–H groups in total. The molecule has 4 nitrogen and oxygen atoms in total. The third kappa shape index (κ3) is 2.36. The van der Waals surface area contributed by atoms with E-state index in [0.717, 1.165) is 7.11 Å². The molecule has 15 heavy (non-hydrogen) atoms. The van der Waals surface area contributed by atoms with E-state index >= 15 is 0 Å². The van der Waals surface area contributed by atoms with Crippen molar-refractivity contribution in [3.63, 3.8) is 0 Å². The standard InChI is InChI=1S/C8H6F3NO3/c1-15-7(14)4-3-12-6(13)2-5(4)8(9,10)11/h2-3H,1H3,(H,12,13). The summed E-state index contributed by atoms with van der Waals surface area (Å²) in [6, 6.07) is 0.312. The van der Waals surface area contributed by atoms with Gasteiger partial charge in [-0.05, 0) is 0 Å². The van der Waals surface area contributed by atoms with Crippen LogP contribution in [0.25, 0.3) is 0 Å². The van der Waals surface area contributed by atoms with Gasteiger partial charge in [0.05, 0.1) is 18.2 Å². The Labute approximate surface area is 81.7 Å². The molecule has 0 aliphatic heterocycles. The number of ether oxygens (including phenoxy) is 1. The van der Waals surface area contributed by atoms with Crippen molar-refractivity contribution in [3.05, 3.63) is 33.7 Å². The number of alkyl halides is 3. The van der Waals surface area contributed by atoms with Gasteiger partial charge < -0.3 is 9.72 Å². The molecule has 1 rings (SSSR count). The van der Waals surface area contributed by atoms with Crippen molar-refractivity contribution in [2.24, 2.45) is 0 Å². The smallest absolute Gasteiger partial charge is 0.417 e. The first-order valence-corrected chi connectivity index (χ1v) is 3.74. The number of aromatic amines is 1. The van der Waals surface area contributed by atoms with Gasteiger partial charge in [-0.25, -0.2) is 4.79 Å². The quantitative estimate of drug-likeness (QED) is 0.724. The molecule has 0 saturated heterocycles. The Kier molecular flexibility index (Phi) is 2.83. The minimum atomic E-state index is -4.77. The van der Waals surface area contributed by atoms with E-state index in [-0.39, 0.29) is 0 Å². The lowest BCUT2D eigenvalue weighted by Crippen LogP contribution is -2.19. The van der Waals surface area contributed by atoms with Crippen molar-refractivity contribution in [3.8, 4) is 0 Å². The lowest BCUT2D eigenvalue weighted by Gasteiger charge is -2.09. The summed E-state index contributed by atoms with van der Waals surface area (Å²) < 4.78 is 41.2. The van der Waals surface area contributed by atoms with Crippen LogP contribution in [0.4, 0.5) is 13.2 Å². The first-order chi connectivity index (χ1) is 6.86. The second kappa shape index (κ2) is 3.76. The highest BCUT2D eigenvalue weighted by atomic mass is 19.4. The van der Waals surface area contributed by atoms with Crippen LogP contribution < -0.4 is 5.56 Å². The summed E-state index contributed by atoms with van der Waals surface area (Å²) in [6.07, 6.45) is -4.09. The monoisotopic (exact) mass is 221 g/mol. The highest BCUT2D eigenvalue weighted by Crippen LogP contribution is 2.30. The molecule has 0 aliphatic carbocycles. The van der Waals surface area contributed by atoms with Crippen LogP contribution in [0.1, 0.15) is 15.9 Å². The second-order valence-electron chi connectivity index (χ2n) is 2.61. The van der Waals surface area contributed by atoms with Crippen LogP contribution in [0.5, 0.6) is 0 Å². The SMILES string of the molecule is COC(=O)c1c[nH]c(=O)cc1C(F)(F)F. The summed E-state index contributed by atoms with van der Waals surface area (Å²) in [7, 11) is 0.952. The Bertz CT molecular complexity index is 435. The lowest BCUT2D eigenvalue weighted by atomic mass is 10.1. The molecule has 0 fully saturated rings. The Hall–Kier alpha value is -1.79. The van der Waals surface area contributed by atoms with Gasteiger partial charge >= 0.3 is 12.1 Å². The summed E-state index contributed by atoms with van der Waals surface area (Å²) in [5, 5.41) is 0. The molecule has 1 aromatic rings. The van der Waals surface area contributed by atoms with Crippen molar-refractivity contribution in [2.45, 2.75) is 6.18 Å². The summed E-state index contributed by atoms with van der Waals surface area (Å²) in [4.78, 5) is 23.6. The van der Waals surface area contributed by atoms with Crippen LogP contribution in [0.15, 0.2) is 17.1 Å². The third-order valence-corrected chi connectivity index (χ3v) is 1.64. The number of rotatable bonds is 1. The molecule has 0 saturated carbocycles. The zero-order valence-electron chi connectivity index (χ0n) is 7.51. The Morgan fingerprint density at radius 1 is 1.47 bits per heavy atom. The van der Waals surface area contributed by atoms with Gasteiger partial charge in [0.15, 0.2) is 0 Å². The minimum Gasteiger partial charge on any atom is -0.465 e. The number of carbonyl (C=O) groups is 1. The topological polar surface area (TPSA) is 59.2 Å². The molecular weight excluding hydrogens is 215 g/mol. The molecule has 0 aliphatic rings. The zero-order chi connectivity index (χ0) is 11.6. The van der Waals surface area contributed by atoms with Crippen LogP contribution in [0.3, 0.4) is 0 Å². The number of carbonyl (C=O) groups excluding carboxylic acids is 1. The van der Waals surface area contributed by atoms with Gasteiger partial charge in [-0.1, -0.05) is 0 Å². The molecule has 1 aromatic heterocycles. The maximum atomic E-state index is 12.4. The number of halogens is 3. The van der Waals surface area contributed by atoms with Crippen LogP contribution in [-0.4, -0.2) is 18.1 Å². The Morgan fingerprint density at radius 3 is 2.53 bits per heavy atom. The largest absolute Gasteiger partial charge is 0.465 e. The van der Waals surface area contributed by atoms with E-state index in [1.54, 1.807) is 0 Å². The van der Waals surface area contributed by atoms with Gasteiger partial charge in [0.1, 0.15) is 0 Å². The number of methoxy groups -OCH3 is 1. The van der Waals surface area contributed by atoms with Gasteiger partial charge in [0.25, 0.3) is 0 Å². The molecule has 0 radical (unpaired) electrons. The first-order valence-electron chi connectivity index (χ1n) is 3.74. The molecule has 0 amide bonds. The molecule has 7 heteroatoms. The van der Waals surface area contributed by atoms with Crippen molar-refractivity contribution in [1.82, 2.24) is 4.98 Å². The van der Waals surface area contributed by atoms with E-state index in [1.807, 2.05) is 4.98 Å². The summed E-state index contributed by atoms with van der Waals surface area (Å²) in [5.41, 5.74) is -2.96. The fourth-order valence-electron chi connectivity index (χ4n) is 0.985. The van der Waals surface area contributed by atoms with Gasteiger partial charge in [-0.2, -0.15) is 13.2 Å². The number of aromatic nitrogens is 1. The zero-order valence-corrected chi connectivity index (χ0v) is 7.51. The van der Waals surface area contributed by atoms with Crippen LogP contribution >= 0.6 is 0 Å². The Morgan fingerprint density at radius 2 is 2.07 bits per heavy atom. The molecule has 0 bridgehead atoms. The number of esters is 1. The normalized spacial score (nSPS) is 11.2. The molecule has 0 atom stereocenters. The number of nitrogens with one attached hydrogen (secondary N) is 1. The van der Waals surface area contributed by atoms with E-state index in [1.165, 1.54) is 0 Å². The van der Waals surface area contributed by atoms with Crippen molar-refractivity contribution >= 4 is 5.97 Å². The van der Waals surface area contributed by atoms with Crippen molar-refractivity contribution in [1.29, 1.82) is 0 Å². The highest BCUT2D eigenvalue weighted by molar-refractivity contribution is 5.90. The fourth-order valence-corrected chi connectivity index (χ4v) is 0.985. The number of hydrogen-bond donors (Lipinski definition) is 1. The molecule has 0 spiro atoms. The van der Waals surface area contributed by atoms with Gasteiger partial charge in [-0.15, -0.1) is 0 Å². The maximum absolute atomic E-state index is 12.4. The van der Waals surface area contributed by atoms with E-state index < -0.39 is 28.8 Å². The van der Waals surface area contributed by atoms with Gasteiger partial charge in [0.2, 0.25) is 5.56 Å². The maximum Gasteiger partial charge on any atom is 0.417 e. The second-order valence-corrected chi connectivity index (χ2v) is 2.61. The average Bonchev–Trinajstić information content (AvgIpc) is 2.15. The molecule has 0 aromatic carbocycles. The predicted molar refractivity (Wildman–Crippen MR) is 43.4 cm³/mol. The number of hydrogen-bond acceptors (Lipinski definition) is 3. The van der Waals surface area contributed by atoms with E-state index in [0.29, 0.717) is 12.3 Å². The van der Waals surface area contributed by atoms with Gasteiger partial charge in [-0.3, -0.25) is 4.79 Å². The first kappa shape index (κ1) is 11.3. The van der Waals surface area contributed by atoms with Crippen molar-refractivity contribution < 1.29 is 22.7 Å². The minimum absolute atomic E-state index is 0.312. The summed E-state index contributed by atoms with van der Waals surface area (Å²) >= 11 is 0. The number of H-pyrrole nitrogens is 1. The Balaban J connectivity index is 3.40. The molecule has 0 unspecified atom stereocenters. The van der Waals surface area contributed by atoms with Crippen LogP contribution in [-0.2, 0) is 10.9 Å². The highest BCUT2D eigenvalue weighted by Gasteiger charge is 2.36. The predicted octanol–water partition coefficient (Wildman–Crippen LogP) is 1.18. The average molecular weight is 221 g/mol. The molecule has 1 heterocycles. The van der Waals surface area contributed by atoms with E-state index in [4.69, 9.17) is 0 Å².